The van der Waals surface area contributed by atoms with Crippen molar-refractivity contribution in [1.29, 1.82) is 0 Å². The van der Waals surface area contributed by atoms with Crippen LogP contribution in [0.5, 0.6) is 0 Å². The molecule has 0 atom stereocenters. The van der Waals surface area contributed by atoms with Crippen molar-refractivity contribution in [3.8, 4) is 0 Å². The Morgan fingerprint density at radius 1 is 1.00 bits per heavy atom. The van der Waals surface area contributed by atoms with E-state index in [1.165, 1.54) is 32.3 Å². The highest BCUT2D eigenvalue weighted by atomic mass is 32.2. The summed E-state index contributed by atoms with van der Waals surface area (Å²) in [6.07, 6.45) is 0. The van der Waals surface area contributed by atoms with Crippen LogP contribution < -0.4 is 14.5 Å². The minimum Gasteiger partial charge on any atom is -0.373 e. The molecule has 0 fully saturated rings. The van der Waals surface area contributed by atoms with Gasteiger partial charge in [-0.05, 0) is 24.3 Å². The average Bonchev–Trinajstić information content (AvgIpc) is 2.67. The Morgan fingerprint density at radius 3 is 2.21 bits per heavy atom. The van der Waals surface area contributed by atoms with Gasteiger partial charge in [0.1, 0.15) is 12.4 Å². The van der Waals surface area contributed by atoms with Crippen molar-refractivity contribution < 1.29 is 17.6 Å². The summed E-state index contributed by atoms with van der Waals surface area (Å²) in [6.45, 7) is 0.337. The maximum atomic E-state index is 14.2. The lowest BCUT2D eigenvalue weighted by Gasteiger charge is -2.27. The summed E-state index contributed by atoms with van der Waals surface area (Å²) in [4.78, 5) is 14.3. The Morgan fingerprint density at radius 2 is 1.61 bits per heavy atom. The highest BCUT2D eigenvalue weighted by Crippen LogP contribution is 2.22. The molecule has 0 saturated heterocycles. The van der Waals surface area contributed by atoms with E-state index in [0.29, 0.717) is 13.1 Å². The summed E-state index contributed by atoms with van der Waals surface area (Å²) >= 11 is 0. The summed E-state index contributed by atoms with van der Waals surface area (Å²) in [5, 5.41) is 2.69. The highest BCUT2D eigenvalue weighted by molar-refractivity contribution is 7.90. The van der Waals surface area contributed by atoms with Crippen molar-refractivity contribution >= 4 is 27.5 Å². The number of nitrogens with one attached hydrogen (secondary N) is 1. The smallest absolute Gasteiger partial charge is 0.304 e. The van der Waals surface area contributed by atoms with Crippen molar-refractivity contribution in [2.45, 2.75) is 0 Å². The third kappa shape index (κ3) is 5.43. The molecule has 0 aliphatic rings. The fourth-order valence-electron chi connectivity index (χ4n) is 2.50. The molecular weight excluding hydrogens is 383 g/mol. The van der Waals surface area contributed by atoms with Gasteiger partial charge in [0.2, 0.25) is 5.91 Å². The number of carbonyl (C=O) groups is 1. The number of nitrogens with zero attached hydrogens (tertiary/aromatic N) is 3. The van der Waals surface area contributed by atoms with E-state index >= 15 is 0 Å². The van der Waals surface area contributed by atoms with Gasteiger partial charge in [-0.25, -0.2) is 8.70 Å². The molecule has 0 radical (unpaired) electrons. The molecule has 2 aromatic rings. The molecule has 1 amide bonds. The van der Waals surface area contributed by atoms with E-state index in [9.17, 15) is 17.6 Å². The standard InChI is InChI=1S/C19H25FN4O3S/c1-22(2)28(26,27)24(18-12-8-7-11-17(18)20)15-19(25)21-13-14-23(3)16-9-5-4-6-10-16/h4-12H,13-15H2,1-3H3,(H,21,25). The maximum Gasteiger partial charge on any atom is 0.304 e. The Hall–Kier alpha value is -2.65. The average molecular weight is 408 g/mol. The normalized spacial score (nSPS) is 11.3. The first-order valence-electron chi connectivity index (χ1n) is 8.71. The Labute approximate surface area is 165 Å². The number of para-hydroxylation sites is 2. The van der Waals surface area contributed by atoms with E-state index in [4.69, 9.17) is 0 Å². The molecule has 0 aliphatic heterocycles. The monoisotopic (exact) mass is 408 g/mol. The van der Waals surface area contributed by atoms with Gasteiger partial charge >= 0.3 is 10.2 Å². The summed E-state index contributed by atoms with van der Waals surface area (Å²) in [5.41, 5.74) is 0.827. The lowest BCUT2D eigenvalue weighted by atomic mass is 10.3. The first kappa shape index (κ1) is 21.6. The topological polar surface area (TPSA) is 73.0 Å². The number of halogens is 1. The number of benzene rings is 2. The molecule has 0 aromatic heterocycles. The van der Waals surface area contributed by atoms with Gasteiger partial charge in [0.05, 0.1) is 5.69 Å². The van der Waals surface area contributed by atoms with Crippen LogP contribution in [0.4, 0.5) is 15.8 Å². The molecule has 152 valence electrons. The summed E-state index contributed by atoms with van der Waals surface area (Å²) in [6, 6.07) is 15.1. The summed E-state index contributed by atoms with van der Waals surface area (Å²) in [7, 11) is 0.512. The lowest BCUT2D eigenvalue weighted by molar-refractivity contribution is -0.119. The van der Waals surface area contributed by atoms with Crippen molar-refractivity contribution in [3.05, 3.63) is 60.4 Å². The van der Waals surface area contributed by atoms with Gasteiger partial charge < -0.3 is 10.2 Å². The van der Waals surface area contributed by atoms with Gasteiger partial charge in [-0.2, -0.15) is 12.7 Å². The number of hydrogen-bond acceptors (Lipinski definition) is 4. The van der Waals surface area contributed by atoms with Crippen LogP contribution >= 0.6 is 0 Å². The first-order valence-corrected chi connectivity index (χ1v) is 10.1. The van der Waals surface area contributed by atoms with Gasteiger partial charge in [0.25, 0.3) is 0 Å². The predicted molar refractivity (Wildman–Crippen MR) is 109 cm³/mol. The zero-order chi connectivity index (χ0) is 20.7. The first-order chi connectivity index (χ1) is 13.2. The number of anilines is 2. The number of amides is 1. The fourth-order valence-corrected chi connectivity index (χ4v) is 3.57. The van der Waals surface area contributed by atoms with Crippen LogP contribution in [0.2, 0.25) is 0 Å². The SMILES string of the molecule is CN(CCNC(=O)CN(c1ccccc1F)S(=O)(=O)N(C)C)c1ccccc1. The second kappa shape index (κ2) is 9.52. The highest BCUT2D eigenvalue weighted by Gasteiger charge is 2.29. The van der Waals surface area contributed by atoms with E-state index in [-0.39, 0.29) is 5.69 Å². The molecule has 2 aromatic carbocycles. The minimum absolute atomic E-state index is 0.173. The van der Waals surface area contributed by atoms with Crippen molar-refractivity contribution in [2.24, 2.45) is 0 Å². The summed E-state index contributed by atoms with van der Waals surface area (Å²) in [5.74, 6) is -1.24. The molecule has 9 heteroatoms. The molecule has 1 N–H and O–H groups in total. The van der Waals surface area contributed by atoms with Crippen LogP contribution in [0.15, 0.2) is 54.6 Å². The molecule has 0 heterocycles. The second-order valence-electron chi connectivity index (χ2n) is 6.36. The van der Waals surface area contributed by atoms with Crippen molar-refractivity contribution in [3.63, 3.8) is 0 Å². The molecular formula is C19H25FN4O3S. The Bertz CT molecular complexity index is 891. The van der Waals surface area contributed by atoms with Crippen LogP contribution in [-0.2, 0) is 15.0 Å². The number of hydrogen-bond donors (Lipinski definition) is 1. The largest absolute Gasteiger partial charge is 0.373 e. The predicted octanol–water partition coefficient (Wildman–Crippen LogP) is 1.69. The zero-order valence-corrected chi connectivity index (χ0v) is 17.0. The van der Waals surface area contributed by atoms with Gasteiger partial charge in [-0.1, -0.05) is 30.3 Å². The fraction of sp³-hybridized carbons (Fsp3) is 0.316. The van der Waals surface area contributed by atoms with Crippen LogP contribution in [0.25, 0.3) is 0 Å². The molecule has 0 aliphatic carbocycles. The van der Waals surface area contributed by atoms with E-state index in [0.717, 1.165) is 20.4 Å². The molecule has 7 nitrogen and oxygen atoms in total. The van der Waals surface area contributed by atoms with Crippen LogP contribution in [0, 0.1) is 5.82 Å². The number of rotatable bonds is 9. The van der Waals surface area contributed by atoms with Crippen LogP contribution in [0.1, 0.15) is 0 Å². The third-order valence-corrected chi connectivity index (χ3v) is 5.92. The number of likely N-dealkylation sites (N-methyl/N-ethyl adjacent to an activating group) is 1. The molecule has 0 bridgehead atoms. The lowest BCUT2D eigenvalue weighted by Crippen LogP contribution is -2.47. The minimum atomic E-state index is -4.04. The summed E-state index contributed by atoms with van der Waals surface area (Å²) < 4.78 is 41.0. The van der Waals surface area contributed by atoms with Gasteiger partial charge in [0.15, 0.2) is 0 Å². The van der Waals surface area contributed by atoms with Crippen molar-refractivity contribution in [1.82, 2.24) is 9.62 Å². The molecule has 0 unspecified atom stereocenters. The van der Waals surface area contributed by atoms with Crippen LogP contribution in [0.3, 0.4) is 0 Å². The Balaban J connectivity index is 2.04. The zero-order valence-electron chi connectivity index (χ0n) is 16.2. The number of carbonyl (C=O) groups excluding carboxylic acids is 1. The molecule has 0 spiro atoms. The Kier molecular flexibility index (Phi) is 7.36. The van der Waals surface area contributed by atoms with Crippen LogP contribution in [-0.4, -0.2) is 59.4 Å². The van der Waals surface area contributed by atoms with E-state index in [1.54, 1.807) is 0 Å². The van der Waals surface area contributed by atoms with E-state index in [2.05, 4.69) is 5.32 Å². The molecule has 28 heavy (non-hydrogen) atoms. The third-order valence-electron chi connectivity index (χ3n) is 4.11. The quantitative estimate of drug-likeness (QED) is 0.685. The maximum absolute atomic E-state index is 14.2. The molecule has 0 saturated carbocycles. The van der Waals surface area contributed by atoms with Crippen molar-refractivity contribution in [2.75, 3.05) is 50.0 Å². The van der Waals surface area contributed by atoms with Gasteiger partial charge in [-0.3, -0.25) is 4.79 Å². The van der Waals surface area contributed by atoms with E-state index in [1.807, 2.05) is 42.3 Å². The molecule has 2 rings (SSSR count). The second-order valence-corrected chi connectivity index (χ2v) is 8.42. The van der Waals surface area contributed by atoms with Gasteiger partial charge in [0, 0.05) is 39.9 Å². The van der Waals surface area contributed by atoms with Gasteiger partial charge in [-0.15, -0.1) is 0 Å². The van der Waals surface area contributed by atoms with E-state index < -0.39 is 28.5 Å².